The van der Waals surface area contributed by atoms with Gasteiger partial charge in [0.2, 0.25) is 11.1 Å². The summed E-state index contributed by atoms with van der Waals surface area (Å²) in [6.07, 6.45) is 4.79. The summed E-state index contributed by atoms with van der Waals surface area (Å²) in [5, 5.41) is 10.9. The number of thioether (sulfide) groups is 1. The van der Waals surface area contributed by atoms with Gasteiger partial charge in [0, 0.05) is 11.6 Å². The number of aromatic amines is 1. The zero-order chi connectivity index (χ0) is 16.1. The molecule has 1 fully saturated rings. The van der Waals surface area contributed by atoms with E-state index in [4.69, 9.17) is 0 Å². The van der Waals surface area contributed by atoms with E-state index in [0.717, 1.165) is 17.8 Å². The number of H-pyrrole nitrogens is 1. The van der Waals surface area contributed by atoms with Crippen molar-refractivity contribution in [1.29, 1.82) is 0 Å². The van der Waals surface area contributed by atoms with Crippen LogP contribution in [-0.4, -0.2) is 32.9 Å². The fourth-order valence-corrected chi connectivity index (χ4v) is 3.55. The molecule has 1 amide bonds. The summed E-state index contributed by atoms with van der Waals surface area (Å²) in [4.78, 5) is 16.5. The van der Waals surface area contributed by atoms with E-state index < -0.39 is 0 Å². The molecule has 0 aliphatic heterocycles. The van der Waals surface area contributed by atoms with Crippen molar-refractivity contribution in [2.75, 3.05) is 5.75 Å². The number of aromatic nitrogens is 3. The molecular weight excluding hydrogens is 308 g/mol. The van der Waals surface area contributed by atoms with Crippen molar-refractivity contribution in [2.45, 2.75) is 43.8 Å². The van der Waals surface area contributed by atoms with Gasteiger partial charge < -0.3 is 5.32 Å². The summed E-state index contributed by atoms with van der Waals surface area (Å²) in [6.45, 7) is 2.22. The SMILES string of the molecule is C[C@H]1CCCC[C@H]1NC(=O)CSc1n[nH]c(-c2ccccc2)n1. The Morgan fingerprint density at radius 1 is 1.30 bits per heavy atom. The molecule has 1 aromatic heterocycles. The van der Waals surface area contributed by atoms with Gasteiger partial charge in [0.05, 0.1) is 5.75 Å². The largest absolute Gasteiger partial charge is 0.352 e. The Bertz CT molecular complexity index is 643. The van der Waals surface area contributed by atoms with Crippen molar-refractivity contribution >= 4 is 17.7 Å². The molecule has 1 saturated carbocycles. The van der Waals surface area contributed by atoms with Crippen LogP contribution in [0.2, 0.25) is 0 Å². The summed E-state index contributed by atoms with van der Waals surface area (Å²) in [7, 11) is 0. The number of hydrogen-bond donors (Lipinski definition) is 2. The maximum atomic E-state index is 12.1. The van der Waals surface area contributed by atoms with Gasteiger partial charge in [-0.25, -0.2) is 4.98 Å². The molecule has 2 aromatic rings. The highest BCUT2D eigenvalue weighted by Gasteiger charge is 2.22. The molecule has 1 aliphatic rings. The van der Waals surface area contributed by atoms with E-state index in [1.54, 1.807) is 0 Å². The molecule has 0 saturated heterocycles. The summed E-state index contributed by atoms with van der Waals surface area (Å²) >= 11 is 1.37. The van der Waals surface area contributed by atoms with E-state index in [9.17, 15) is 4.79 Å². The van der Waals surface area contributed by atoms with Gasteiger partial charge >= 0.3 is 0 Å². The normalized spacial score (nSPS) is 21.1. The summed E-state index contributed by atoms with van der Waals surface area (Å²) in [5.41, 5.74) is 0.993. The topological polar surface area (TPSA) is 70.7 Å². The highest BCUT2D eigenvalue weighted by molar-refractivity contribution is 7.99. The average molecular weight is 330 g/mol. The van der Waals surface area contributed by atoms with E-state index in [1.807, 2.05) is 30.3 Å². The Kier molecular flexibility index (Phi) is 5.33. The van der Waals surface area contributed by atoms with Gasteiger partial charge in [-0.2, -0.15) is 0 Å². The van der Waals surface area contributed by atoms with Crippen molar-refractivity contribution in [3.8, 4) is 11.4 Å². The maximum Gasteiger partial charge on any atom is 0.230 e. The fourth-order valence-electron chi connectivity index (χ4n) is 2.95. The molecule has 0 spiro atoms. The summed E-state index contributed by atoms with van der Waals surface area (Å²) in [6, 6.07) is 10.2. The molecule has 2 N–H and O–H groups in total. The highest BCUT2D eigenvalue weighted by atomic mass is 32.2. The zero-order valence-electron chi connectivity index (χ0n) is 13.3. The molecule has 2 atom stereocenters. The van der Waals surface area contributed by atoms with Crippen LogP contribution in [0.15, 0.2) is 35.5 Å². The monoisotopic (exact) mass is 330 g/mol. The van der Waals surface area contributed by atoms with Gasteiger partial charge in [0.15, 0.2) is 5.82 Å². The molecule has 5 nitrogen and oxygen atoms in total. The molecule has 6 heteroatoms. The molecule has 1 heterocycles. The standard InChI is InChI=1S/C17H22N4OS/c1-12-7-5-6-10-14(12)18-15(22)11-23-17-19-16(20-21-17)13-8-3-2-4-9-13/h2-4,8-9,12,14H,5-7,10-11H2,1H3,(H,18,22)(H,19,20,21)/t12-,14+/m0/s1. The Hall–Kier alpha value is -1.82. The third-order valence-corrected chi connectivity index (χ3v) is 5.15. The predicted octanol–water partition coefficient (Wildman–Crippen LogP) is 3.26. The lowest BCUT2D eigenvalue weighted by Gasteiger charge is -2.29. The van der Waals surface area contributed by atoms with Crippen LogP contribution < -0.4 is 5.32 Å². The first kappa shape index (κ1) is 16.1. The average Bonchev–Trinajstić information content (AvgIpc) is 3.05. The second kappa shape index (κ2) is 7.64. The quantitative estimate of drug-likeness (QED) is 0.826. The van der Waals surface area contributed by atoms with Crippen LogP contribution in [-0.2, 0) is 4.79 Å². The molecule has 0 radical (unpaired) electrons. The Morgan fingerprint density at radius 3 is 2.87 bits per heavy atom. The number of hydrogen-bond acceptors (Lipinski definition) is 4. The Balaban J connectivity index is 1.50. The van der Waals surface area contributed by atoms with Crippen molar-refractivity contribution in [3.63, 3.8) is 0 Å². The lowest BCUT2D eigenvalue weighted by atomic mass is 9.86. The molecule has 3 rings (SSSR count). The van der Waals surface area contributed by atoms with Crippen molar-refractivity contribution in [2.24, 2.45) is 5.92 Å². The molecule has 1 aliphatic carbocycles. The number of nitrogens with one attached hydrogen (secondary N) is 2. The second-order valence-corrected chi connectivity index (χ2v) is 7.00. The van der Waals surface area contributed by atoms with Crippen LogP contribution in [0.5, 0.6) is 0 Å². The highest BCUT2D eigenvalue weighted by Crippen LogP contribution is 2.24. The van der Waals surface area contributed by atoms with Crippen LogP contribution in [0.1, 0.15) is 32.6 Å². The first-order valence-electron chi connectivity index (χ1n) is 8.12. The molecule has 23 heavy (non-hydrogen) atoms. The minimum atomic E-state index is 0.0693. The lowest BCUT2D eigenvalue weighted by Crippen LogP contribution is -2.41. The number of carbonyl (C=O) groups is 1. The van der Waals surface area contributed by atoms with Crippen molar-refractivity contribution in [3.05, 3.63) is 30.3 Å². The van der Waals surface area contributed by atoms with Crippen LogP contribution in [0.3, 0.4) is 0 Å². The van der Waals surface area contributed by atoms with Crippen molar-refractivity contribution < 1.29 is 4.79 Å². The smallest absolute Gasteiger partial charge is 0.230 e. The predicted molar refractivity (Wildman–Crippen MR) is 92.1 cm³/mol. The van der Waals surface area contributed by atoms with Crippen molar-refractivity contribution in [1.82, 2.24) is 20.5 Å². The fraction of sp³-hybridized carbons (Fsp3) is 0.471. The van der Waals surface area contributed by atoms with Crippen LogP contribution in [0, 0.1) is 5.92 Å². The van der Waals surface area contributed by atoms with Gasteiger partial charge in [-0.3, -0.25) is 9.89 Å². The second-order valence-electron chi connectivity index (χ2n) is 6.06. The van der Waals surface area contributed by atoms with Gasteiger partial charge in [-0.05, 0) is 18.8 Å². The molecule has 0 unspecified atom stereocenters. The Labute approximate surface area is 140 Å². The minimum Gasteiger partial charge on any atom is -0.352 e. The number of benzene rings is 1. The number of nitrogens with zero attached hydrogens (tertiary/aromatic N) is 2. The lowest BCUT2D eigenvalue weighted by molar-refractivity contribution is -0.119. The number of carbonyl (C=O) groups excluding carboxylic acids is 1. The Morgan fingerprint density at radius 2 is 2.09 bits per heavy atom. The first-order valence-corrected chi connectivity index (χ1v) is 9.11. The van der Waals surface area contributed by atoms with Gasteiger partial charge in [0.1, 0.15) is 0 Å². The van der Waals surface area contributed by atoms with E-state index >= 15 is 0 Å². The van der Waals surface area contributed by atoms with Crippen LogP contribution >= 0.6 is 11.8 Å². The van der Waals surface area contributed by atoms with Gasteiger partial charge in [-0.1, -0.05) is 61.9 Å². The van der Waals surface area contributed by atoms with Gasteiger partial charge in [-0.15, -0.1) is 5.10 Å². The van der Waals surface area contributed by atoms with E-state index in [0.29, 0.717) is 22.9 Å². The maximum absolute atomic E-state index is 12.1. The van der Waals surface area contributed by atoms with Crippen LogP contribution in [0.25, 0.3) is 11.4 Å². The van der Waals surface area contributed by atoms with Crippen LogP contribution in [0.4, 0.5) is 0 Å². The molecular formula is C17H22N4OS. The zero-order valence-corrected chi connectivity index (χ0v) is 14.1. The van der Waals surface area contributed by atoms with Gasteiger partial charge in [0.25, 0.3) is 0 Å². The first-order chi connectivity index (χ1) is 11.2. The third kappa shape index (κ3) is 4.34. The molecule has 1 aromatic carbocycles. The number of amides is 1. The minimum absolute atomic E-state index is 0.0693. The number of rotatable bonds is 5. The van der Waals surface area contributed by atoms with E-state index in [-0.39, 0.29) is 5.91 Å². The molecule has 0 bridgehead atoms. The van der Waals surface area contributed by atoms with E-state index in [2.05, 4.69) is 27.4 Å². The van der Waals surface area contributed by atoms with E-state index in [1.165, 1.54) is 31.0 Å². The third-order valence-electron chi connectivity index (χ3n) is 4.30. The molecule has 122 valence electrons. The summed E-state index contributed by atoms with van der Waals surface area (Å²) < 4.78 is 0. The summed E-state index contributed by atoms with van der Waals surface area (Å²) in [5.74, 6) is 1.73.